The van der Waals surface area contributed by atoms with Gasteiger partial charge in [0.05, 0.1) is 5.56 Å². The molecule has 0 unspecified atom stereocenters. The van der Waals surface area contributed by atoms with Gasteiger partial charge >= 0.3 is 5.97 Å². The lowest BCUT2D eigenvalue weighted by molar-refractivity contribution is 0.0735. The van der Waals surface area contributed by atoms with Crippen LogP contribution in [0.2, 0.25) is 0 Å². The highest BCUT2D eigenvalue weighted by molar-refractivity contribution is 5.96. The zero-order valence-corrected chi connectivity index (χ0v) is 21.7. The molecule has 2 heteroatoms. The van der Waals surface area contributed by atoms with Crippen LogP contribution in [0, 0.1) is 5.92 Å². The van der Waals surface area contributed by atoms with Crippen molar-refractivity contribution in [1.29, 1.82) is 0 Å². The van der Waals surface area contributed by atoms with Crippen molar-refractivity contribution in [2.45, 2.75) is 96.8 Å². The third kappa shape index (κ3) is 7.19. The molecule has 186 valence electrons. The first-order valence-corrected chi connectivity index (χ1v) is 14.0. The van der Waals surface area contributed by atoms with Crippen LogP contribution >= 0.6 is 0 Å². The molecule has 2 nitrogen and oxygen atoms in total. The third-order valence-electron chi connectivity index (χ3n) is 7.82. The molecule has 0 bridgehead atoms. The minimum Gasteiger partial charge on any atom is -0.423 e. The Morgan fingerprint density at radius 2 is 1.49 bits per heavy atom. The minimum absolute atomic E-state index is 0.292. The van der Waals surface area contributed by atoms with E-state index in [4.69, 9.17) is 4.74 Å². The molecule has 0 aromatic heterocycles. The summed E-state index contributed by atoms with van der Waals surface area (Å²) < 4.78 is 5.71. The van der Waals surface area contributed by atoms with E-state index in [9.17, 15) is 4.79 Å². The number of hydrogen-bond donors (Lipinski definition) is 0. The fraction of sp³-hybridized carbons (Fsp3) is 0.485. The number of benzene rings is 3. The maximum absolute atomic E-state index is 12.8. The maximum Gasteiger partial charge on any atom is 0.343 e. The van der Waals surface area contributed by atoms with E-state index in [1.807, 2.05) is 30.3 Å². The van der Waals surface area contributed by atoms with Crippen LogP contribution in [0.1, 0.15) is 112 Å². The summed E-state index contributed by atoms with van der Waals surface area (Å²) in [4.78, 5) is 12.8. The van der Waals surface area contributed by atoms with Crippen molar-refractivity contribution < 1.29 is 9.53 Å². The van der Waals surface area contributed by atoms with Crippen molar-refractivity contribution in [3.8, 4) is 5.75 Å². The van der Waals surface area contributed by atoms with Gasteiger partial charge < -0.3 is 4.74 Å². The molecular formula is C33H42O2. The molecule has 3 aromatic rings. The number of rotatable bonds is 11. The largest absolute Gasteiger partial charge is 0.423 e. The van der Waals surface area contributed by atoms with E-state index in [2.05, 4.69) is 44.2 Å². The molecule has 1 fully saturated rings. The minimum atomic E-state index is -0.292. The van der Waals surface area contributed by atoms with E-state index in [1.54, 1.807) is 0 Å². The zero-order valence-electron chi connectivity index (χ0n) is 21.7. The number of aryl methyl sites for hydroxylation is 1. The standard InChI is InChI=1S/C33H42O2/c1-3-5-6-7-8-10-26-13-16-30-24-31(18-17-29(30)23-26)33(34)35-32-21-19-28(20-22-32)27-14-11-25(9-4-2)12-15-27/h13,16-25,27H,3-12,14-15H2,1-2H3/t25-,27-. The summed E-state index contributed by atoms with van der Waals surface area (Å²) in [6.07, 6.45) is 15.5. The monoisotopic (exact) mass is 470 g/mol. The van der Waals surface area contributed by atoms with Gasteiger partial charge in [-0.1, -0.05) is 88.8 Å². The average molecular weight is 471 g/mol. The summed E-state index contributed by atoms with van der Waals surface area (Å²) in [5.41, 5.74) is 3.36. The van der Waals surface area contributed by atoms with Gasteiger partial charge in [-0.25, -0.2) is 4.79 Å². The number of esters is 1. The van der Waals surface area contributed by atoms with Crippen molar-refractivity contribution in [1.82, 2.24) is 0 Å². The predicted octanol–water partition coefficient (Wildman–Crippen LogP) is 9.65. The Morgan fingerprint density at radius 3 is 2.23 bits per heavy atom. The lowest BCUT2D eigenvalue weighted by Gasteiger charge is -2.28. The lowest BCUT2D eigenvalue weighted by Crippen LogP contribution is -2.13. The van der Waals surface area contributed by atoms with Gasteiger partial charge in [-0.2, -0.15) is 0 Å². The normalized spacial score (nSPS) is 18.0. The number of unbranched alkanes of at least 4 members (excludes halogenated alkanes) is 4. The molecule has 0 amide bonds. The molecule has 4 rings (SSSR count). The molecular weight excluding hydrogens is 428 g/mol. The molecule has 0 N–H and O–H groups in total. The number of hydrogen-bond acceptors (Lipinski definition) is 2. The topological polar surface area (TPSA) is 26.3 Å². The van der Waals surface area contributed by atoms with Crippen molar-refractivity contribution in [3.05, 3.63) is 77.4 Å². The van der Waals surface area contributed by atoms with E-state index >= 15 is 0 Å². The van der Waals surface area contributed by atoms with Crippen LogP contribution in [0.5, 0.6) is 5.75 Å². The van der Waals surface area contributed by atoms with Gasteiger partial charge in [0.2, 0.25) is 0 Å². The predicted molar refractivity (Wildman–Crippen MR) is 147 cm³/mol. The molecule has 1 aliphatic carbocycles. The van der Waals surface area contributed by atoms with E-state index in [-0.39, 0.29) is 5.97 Å². The Morgan fingerprint density at radius 1 is 0.771 bits per heavy atom. The summed E-state index contributed by atoms with van der Waals surface area (Å²) >= 11 is 0. The summed E-state index contributed by atoms with van der Waals surface area (Å²) in [5, 5.41) is 2.27. The van der Waals surface area contributed by atoms with Gasteiger partial charge in [0, 0.05) is 0 Å². The van der Waals surface area contributed by atoms with Crippen molar-refractivity contribution in [3.63, 3.8) is 0 Å². The molecule has 0 saturated heterocycles. The molecule has 0 radical (unpaired) electrons. The Balaban J connectivity index is 1.32. The van der Waals surface area contributed by atoms with Crippen molar-refractivity contribution in [2.75, 3.05) is 0 Å². The van der Waals surface area contributed by atoms with Crippen molar-refractivity contribution >= 4 is 16.7 Å². The van der Waals surface area contributed by atoms with E-state index < -0.39 is 0 Å². The van der Waals surface area contributed by atoms with Gasteiger partial charge in [-0.05, 0) is 96.5 Å². The van der Waals surface area contributed by atoms with Crippen molar-refractivity contribution in [2.24, 2.45) is 5.92 Å². The summed E-state index contributed by atoms with van der Waals surface area (Å²) in [5.74, 6) is 1.90. The molecule has 0 spiro atoms. The van der Waals surface area contributed by atoms with Gasteiger partial charge in [0.25, 0.3) is 0 Å². The highest BCUT2D eigenvalue weighted by atomic mass is 16.5. The fourth-order valence-corrected chi connectivity index (χ4v) is 5.68. The van der Waals surface area contributed by atoms with Gasteiger partial charge in [-0.3, -0.25) is 0 Å². The Bertz CT molecular complexity index is 1070. The van der Waals surface area contributed by atoms with Gasteiger partial charge in [0.1, 0.15) is 5.75 Å². The van der Waals surface area contributed by atoms with Crippen LogP contribution in [0.25, 0.3) is 10.8 Å². The van der Waals surface area contributed by atoms with Crippen LogP contribution in [-0.2, 0) is 6.42 Å². The number of fused-ring (bicyclic) bond motifs is 1. The summed E-state index contributed by atoms with van der Waals surface area (Å²) in [7, 11) is 0. The van der Waals surface area contributed by atoms with Gasteiger partial charge in [0.15, 0.2) is 0 Å². The summed E-state index contributed by atoms with van der Waals surface area (Å²) in [6.45, 7) is 4.54. The molecule has 0 heterocycles. The second-order valence-electron chi connectivity index (χ2n) is 10.5. The average Bonchev–Trinajstić information content (AvgIpc) is 2.89. The fourth-order valence-electron chi connectivity index (χ4n) is 5.68. The smallest absolute Gasteiger partial charge is 0.343 e. The van der Waals surface area contributed by atoms with Crippen LogP contribution in [-0.4, -0.2) is 5.97 Å². The van der Waals surface area contributed by atoms with E-state index in [1.165, 1.54) is 87.1 Å². The van der Waals surface area contributed by atoms with Crippen LogP contribution in [0.4, 0.5) is 0 Å². The molecule has 0 atom stereocenters. The highest BCUT2D eigenvalue weighted by Gasteiger charge is 2.22. The Labute approximate surface area is 212 Å². The summed E-state index contributed by atoms with van der Waals surface area (Å²) in [6, 6.07) is 20.7. The SMILES string of the molecule is CCCCCCCc1ccc2cc(C(=O)Oc3ccc([C@H]4CC[C@H](CCC)CC4)cc3)ccc2c1. The molecule has 0 aliphatic heterocycles. The van der Waals surface area contributed by atoms with E-state index in [0.717, 1.165) is 17.7 Å². The number of carbonyl (C=O) groups is 1. The lowest BCUT2D eigenvalue weighted by atomic mass is 9.77. The number of carbonyl (C=O) groups excluding carboxylic acids is 1. The second kappa shape index (κ2) is 12.9. The maximum atomic E-state index is 12.8. The van der Waals surface area contributed by atoms with E-state index in [0.29, 0.717) is 17.2 Å². The molecule has 35 heavy (non-hydrogen) atoms. The second-order valence-corrected chi connectivity index (χ2v) is 10.5. The van der Waals surface area contributed by atoms with Crippen LogP contribution in [0.15, 0.2) is 60.7 Å². The molecule has 3 aromatic carbocycles. The van der Waals surface area contributed by atoms with Crippen LogP contribution < -0.4 is 4.74 Å². The molecule has 1 saturated carbocycles. The van der Waals surface area contributed by atoms with Crippen LogP contribution in [0.3, 0.4) is 0 Å². The highest BCUT2D eigenvalue weighted by Crippen LogP contribution is 2.37. The van der Waals surface area contributed by atoms with Gasteiger partial charge in [-0.15, -0.1) is 0 Å². The first-order valence-electron chi connectivity index (χ1n) is 14.0. The number of ether oxygens (including phenoxy) is 1. The quantitative estimate of drug-likeness (QED) is 0.158. The third-order valence-corrected chi connectivity index (χ3v) is 7.82. The Hall–Kier alpha value is -2.61. The first kappa shape index (κ1) is 25.5. The Kier molecular flexibility index (Phi) is 9.40. The first-order chi connectivity index (χ1) is 17.2. The zero-order chi connectivity index (χ0) is 24.5. The molecule has 1 aliphatic rings.